The monoisotopic (exact) mass is 395 g/mol. The quantitative estimate of drug-likeness (QED) is 0.603. The predicted octanol–water partition coefficient (Wildman–Crippen LogP) is 3.17. The van der Waals surface area contributed by atoms with Crippen LogP contribution in [-0.4, -0.2) is 0 Å². The van der Waals surface area contributed by atoms with Crippen LogP contribution < -0.4 is 3.07 Å². The summed E-state index contributed by atoms with van der Waals surface area (Å²) in [5, 5.41) is 0. The van der Waals surface area contributed by atoms with Gasteiger partial charge in [-0.05, 0) is 0 Å². The van der Waals surface area contributed by atoms with Crippen LogP contribution in [-0.2, 0) is 31.5 Å². The van der Waals surface area contributed by atoms with Gasteiger partial charge in [-0.15, -0.1) is 0 Å². The summed E-state index contributed by atoms with van der Waals surface area (Å²) in [5.41, 5.74) is 6.18. The molecule has 0 atom stereocenters. The summed E-state index contributed by atoms with van der Waals surface area (Å²) in [6, 6.07) is 15.6. The van der Waals surface area contributed by atoms with E-state index in [4.69, 9.17) is 0 Å². The summed E-state index contributed by atoms with van der Waals surface area (Å²) in [7, 11) is 0. The first-order chi connectivity index (χ1) is 7.62. The van der Waals surface area contributed by atoms with Crippen LogP contribution >= 0.6 is 0 Å². The van der Waals surface area contributed by atoms with Crippen LogP contribution in [0.15, 0.2) is 42.5 Å². The van der Waals surface area contributed by atoms with Crippen molar-refractivity contribution < 1.29 is 26.1 Å². The Morgan fingerprint density at radius 2 is 1.56 bits per heavy atom. The van der Waals surface area contributed by atoms with Crippen molar-refractivity contribution in [2.24, 2.45) is 0 Å². The van der Waals surface area contributed by atoms with Gasteiger partial charge >= 0.3 is 113 Å². The average molecular weight is 394 g/mol. The molecule has 75 valence electrons. The Morgan fingerprint density at radius 3 is 2.38 bits per heavy atom. The fourth-order valence-corrected chi connectivity index (χ4v) is 5.95. The van der Waals surface area contributed by atoms with E-state index in [0.717, 1.165) is 0 Å². The summed E-state index contributed by atoms with van der Waals surface area (Å²) in [4.78, 5) is 0. The van der Waals surface area contributed by atoms with E-state index >= 15 is 0 Å². The summed E-state index contributed by atoms with van der Waals surface area (Å²) < 4.78 is 1.60. The summed E-state index contributed by atoms with van der Waals surface area (Å²) in [6.07, 6.45) is 0. The molecule has 0 radical (unpaired) electrons. The molecule has 0 aliphatic heterocycles. The van der Waals surface area contributed by atoms with Crippen molar-refractivity contribution in [1.29, 1.82) is 0 Å². The Balaban J connectivity index is 2.44. The summed E-state index contributed by atoms with van der Waals surface area (Å²) in [5.74, 6) is 0. The van der Waals surface area contributed by atoms with Gasteiger partial charge in [0.1, 0.15) is 0 Å². The van der Waals surface area contributed by atoms with Gasteiger partial charge in [-0.1, -0.05) is 0 Å². The molecule has 0 N–H and O–H groups in total. The van der Waals surface area contributed by atoms with Gasteiger partial charge in [0, 0.05) is 0 Å². The van der Waals surface area contributed by atoms with E-state index in [1.54, 1.807) is 8.64 Å². The minimum absolute atomic E-state index is 0.199. The Hall–Kier alpha value is -0.625. The molecule has 0 nitrogen and oxygen atoms in total. The van der Waals surface area contributed by atoms with Crippen molar-refractivity contribution in [3.05, 3.63) is 53.6 Å². The van der Waals surface area contributed by atoms with Crippen LogP contribution in [0.5, 0.6) is 0 Å². The van der Waals surface area contributed by atoms with Crippen LogP contribution in [0.1, 0.15) is 25.0 Å². The second kappa shape index (κ2) is 3.43. The van der Waals surface area contributed by atoms with E-state index in [0.29, 0.717) is 26.1 Å². The second-order valence-corrected chi connectivity index (χ2v) is 7.97. The number of fused-ring (bicyclic) bond motifs is 3. The Morgan fingerprint density at radius 1 is 0.875 bits per heavy atom. The zero-order valence-corrected chi connectivity index (χ0v) is 15.2. The molecule has 1 aliphatic rings. The molecular weight excluding hydrogens is 381 g/mol. The number of rotatable bonds is 0. The van der Waals surface area contributed by atoms with Crippen LogP contribution in [0, 0.1) is 0 Å². The number of hydrogen-bond donors (Lipinski definition) is 0. The minimum atomic E-state index is 0.199. The first-order valence-corrected chi connectivity index (χ1v) is 8.42. The van der Waals surface area contributed by atoms with Crippen LogP contribution in [0.4, 0.5) is 0 Å². The molecule has 16 heavy (non-hydrogen) atoms. The van der Waals surface area contributed by atoms with Crippen molar-refractivity contribution in [1.82, 2.24) is 0 Å². The van der Waals surface area contributed by atoms with Gasteiger partial charge in [0.25, 0.3) is 0 Å². The van der Waals surface area contributed by atoms with Gasteiger partial charge in [-0.25, -0.2) is 0 Å². The molecule has 2 aromatic carbocycles. The molecule has 1 aliphatic carbocycles. The summed E-state index contributed by atoms with van der Waals surface area (Å²) in [6.45, 7) is 4.71. The van der Waals surface area contributed by atoms with E-state index in [1.165, 1.54) is 16.7 Å². The third-order valence-corrected chi connectivity index (χ3v) is 5.96. The zero-order valence-electron chi connectivity index (χ0n) is 9.75. The van der Waals surface area contributed by atoms with Gasteiger partial charge in [0.15, 0.2) is 0 Å². The standard InChI is InChI=1S/C15H13.Hg/c1-15(2)13-9-5-3-7-11(13)12-8-4-6-10-14(12)15;/h3-9H,1-2H3;. The normalized spacial score (nSPS) is 15.8. The summed E-state index contributed by atoms with van der Waals surface area (Å²) >= 11 is 0.693. The molecule has 0 saturated heterocycles. The van der Waals surface area contributed by atoms with Gasteiger partial charge in [0.05, 0.1) is 0 Å². The Kier molecular flexibility index (Phi) is 2.26. The molecule has 3 rings (SSSR count). The third kappa shape index (κ3) is 1.26. The molecule has 0 spiro atoms. The average Bonchev–Trinajstić information content (AvgIpc) is 2.50. The van der Waals surface area contributed by atoms with Crippen molar-refractivity contribution >= 4 is 3.07 Å². The van der Waals surface area contributed by atoms with Gasteiger partial charge < -0.3 is 0 Å². The van der Waals surface area contributed by atoms with E-state index in [1.807, 2.05) is 0 Å². The maximum atomic E-state index is 2.36. The second-order valence-electron chi connectivity index (χ2n) is 5.01. The van der Waals surface area contributed by atoms with E-state index in [-0.39, 0.29) is 5.41 Å². The zero-order chi connectivity index (χ0) is 11.3. The Bertz CT molecular complexity index is 567. The molecule has 0 bridgehead atoms. The van der Waals surface area contributed by atoms with Crippen LogP contribution in [0.3, 0.4) is 0 Å². The van der Waals surface area contributed by atoms with E-state index in [9.17, 15) is 0 Å². The first kappa shape index (κ1) is 10.5. The van der Waals surface area contributed by atoms with Crippen molar-refractivity contribution in [3.8, 4) is 11.1 Å². The van der Waals surface area contributed by atoms with Crippen LogP contribution in [0.2, 0.25) is 0 Å². The fourth-order valence-electron chi connectivity index (χ4n) is 2.96. The molecule has 0 saturated carbocycles. The Labute approximate surface area is 113 Å². The topological polar surface area (TPSA) is 0 Å². The molecule has 1 heteroatoms. The van der Waals surface area contributed by atoms with Gasteiger partial charge in [-0.3, -0.25) is 0 Å². The molecule has 0 unspecified atom stereocenters. The van der Waals surface area contributed by atoms with Crippen LogP contribution in [0.25, 0.3) is 11.1 Å². The molecule has 0 aromatic heterocycles. The van der Waals surface area contributed by atoms with Crippen molar-refractivity contribution in [3.63, 3.8) is 0 Å². The van der Waals surface area contributed by atoms with Gasteiger partial charge in [0.2, 0.25) is 0 Å². The third-order valence-electron chi connectivity index (χ3n) is 3.67. The van der Waals surface area contributed by atoms with Gasteiger partial charge in [-0.2, -0.15) is 0 Å². The maximum absolute atomic E-state index is 2.36. The molecule has 0 heterocycles. The van der Waals surface area contributed by atoms with Crippen molar-refractivity contribution in [2.75, 3.05) is 0 Å². The van der Waals surface area contributed by atoms with E-state index in [2.05, 4.69) is 56.3 Å². The number of benzene rings is 2. The molecule has 0 fully saturated rings. The molecular formula is C15H13Hg. The van der Waals surface area contributed by atoms with Crippen molar-refractivity contribution in [2.45, 2.75) is 19.3 Å². The molecule has 2 aromatic rings. The SMILES string of the molecule is CC1(C)c2ccccc2-c2ccc[c]([Hg])c21. The first-order valence-electron chi connectivity index (χ1n) is 5.67. The fraction of sp³-hybridized carbons (Fsp3) is 0.200. The number of hydrogen-bond acceptors (Lipinski definition) is 0. The molecule has 0 amide bonds. The van der Waals surface area contributed by atoms with E-state index < -0.39 is 0 Å². The predicted molar refractivity (Wildman–Crippen MR) is 63.6 cm³/mol.